The van der Waals surface area contributed by atoms with Gasteiger partial charge in [0.2, 0.25) is 0 Å². The van der Waals surface area contributed by atoms with Crippen LogP contribution in [-0.2, 0) is 5.41 Å². The highest BCUT2D eigenvalue weighted by Crippen LogP contribution is 2.51. The van der Waals surface area contributed by atoms with E-state index in [2.05, 4.69) is 138 Å². The summed E-state index contributed by atoms with van der Waals surface area (Å²) in [6, 6.07) is 54.4. The first-order chi connectivity index (χ1) is 26.1. The van der Waals surface area contributed by atoms with Gasteiger partial charge in [0.15, 0.2) is 17.5 Å². The van der Waals surface area contributed by atoms with E-state index in [0.29, 0.717) is 17.5 Å². The van der Waals surface area contributed by atoms with Crippen LogP contribution in [0, 0.1) is 0 Å². The maximum atomic E-state index is 5.11. The average molecular weight is 678 g/mol. The summed E-state index contributed by atoms with van der Waals surface area (Å²) in [5.41, 5.74) is 12.6. The van der Waals surface area contributed by atoms with Crippen molar-refractivity contribution >= 4 is 65.4 Å². The first-order valence-electron chi connectivity index (χ1n) is 18.2. The standard InChI is InChI=1S/C48H31N5/c1-48(2)35-19-12-21-38-41(35)42-36(48)26-25-34-31-17-9-10-20-37(31)52(44(34)42)39-22-11-18-33-32-24-23-30(27-40(32)53(38)43(33)39)47-50-45(28-13-5-3-6-14-28)49-46(51-47)29-15-7-4-8-16-29/h3-27H,1-2H3. The van der Waals surface area contributed by atoms with Crippen LogP contribution < -0.4 is 0 Å². The molecule has 248 valence electrons. The second kappa shape index (κ2) is 10.1. The normalized spacial score (nSPS) is 13.6. The molecule has 11 aromatic rings. The molecule has 0 fully saturated rings. The smallest absolute Gasteiger partial charge is 0.164 e. The second-order valence-electron chi connectivity index (χ2n) is 14.8. The molecule has 5 nitrogen and oxygen atoms in total. The maximum Gasteiger partial charge on any atom is 0.164 e. The lowest BCUT2D eigenvalue weighted by molar-refractivity contribution is 0.663. The number of para-hydroxylation sites is 2. The minimum absolute atomic E-state index is 0.160. The Labute approximate surface area is 304 Å². The van der Waals surface area contributed by atoms with E-state index < -0.39 is 0 Å². The third kappa shape index (κ3) is 3.73. The monoisotopic (exact) mass is 677 g/mol. The van der Waals surface area contributed by atoms with Crippen molar-refractivity contribution in [1.29, 1.82) is 0 Å². The van der Waals surface area contributed by atoms with Crippen LogP contribution in [0.15, 0.2) is 152 Å². The van der Waals surface area contributed by atoms with E-state index >= 15 is 0 Å². The molecule has 4 heterocycles. The molecule has 0 spiro atoms. The highest BCUT2D eigenvalue weighted by Gasteiger charge is 2.36. The first kappa shape index (κ1) is 28.8. The minimum Gasteiger partial charge on any atom is -0.307 e. The van der Waals surface area contributed by atoms with Crippen LogP contribution in [0.3, 0.4) is 0 Å². The molecule has 0 radical (unpaired) electrons. The lowest BCUT2D eigenvalue weighted by Gasteiger charge is -2.21. The Morgan fingerprint density at radius 3 is 1.66 bits per heavy atom. The number of hydrogen-bond donors (Lipinski definition) is 0. The van der Waals surface area contributed by atoms with Crippen molar-refractivity contribution in [2.75, 3.05) is 0 Å². The van der Waals surface area contributed by atoms with Crippen molar-refractivity contribution in [3.05, 3.63) is 163 Å². The Morgan fingerprint density at radius 1 is 0.377 bits per heavy atom. The van der Waals surface area contributed by atoms with Gasteiger partial charge in [0.05, 0.1) is 33.1 Å². The molecule has 1 aliphatic carbocycles. The van der Waals surface area contributed by atoms with Crippen molar-refractivity contribution in [3.8, 4) is 34.2 Å². The number of nitrogens with zero attached hydrogens (tertiary/aromatic N) is 5. The maximum absolute atomic E-state index is 5.11. The highest BCUT2D eigenvalue weighted by atomic mass is 15.0. The van der Waals surface area contributed by atoms with Crippen LogP contribution in [-0.4, -0.2) is 23.8 Å². The van der Waals surface area contributed by atoms with Crippen molar-refractivity contribution < 1.29 is 0 Å². The SMILES string of the molecule is CC1(C)c2cccc3c2c2c1ccc1c4ccccc4n(c4cccc5c6ccc(-c7nc(-c8ccccc8)nc(-c8ccccc8)n7)cc6n3c54)c12. The van der Waals surface area contributed by atoms with Gasteiger partial charge in [0.1, 0.15) is 0 Å². The zero-order chi connectivity index (χ0) is 35.0. The number of hydrogen-bond acceptors (Lipinski definition) is 3. The van der Waals surface area contributed by atoms with Crippen LogP contribution in [0.5, 0.6) is 0 Å². The second-order valence-corrected chi connectivity index (χ2v) is 14.8. The van der Waals surface area contributed by atoms with Gasteiger partial charge in [-0.05, 0) is 35.4 Å². The molecular formula is C48H31N5. The van der Waals surface area contributed by atoms with E-state index in [4.69, 9.17) is 15.0 Å². The first-order valence-corrected chi connectivity index (χ1v) is 18.2. The number of aromatic nitrogens is 5. The summed E-state index contributed by atoms with van der Waals surface area (Å²) < 4.78 is 5.05. The number of fused-ring (bicyclic) bond motifs is 8. The van der Waals surface area contributed by atoms with Gasteiger partial charge in [0.25, 0.3) is 0 Å². The predicted octanol–water partition coefficient (Wildman–Crippen LogP) is 11.8. The molecule has 0 amide bonds. The molecule has 53 heavy (non-hydrogen) atoms. The third-order valence-electron chi connectivity index (χ3n) is 11.7. The molecule has 0 saturated heterocycles. The molecule has 5 heteroatoms. The summed E-state index contributed by atoms with van der Waals surface area (Å²) in [6.45, 7) is 4.75. The molecule has 4 aromatic heterocycles. The van der Waals surface area contributed by atoms with Gasteiger partial charge in [0, 0.05) is 54.4 Å². The molecule has 0 saturated carbocycles. The van der Waals surface area contributed by atoms with Crippen LogP contribution in [0.1, 0.15) is 25.0 Å². The van der Waals surface area contributed by atoms with Crippen LogP contribution in [0.2, 0.25) is 0 Å². The van der Waals surface area contributed by atoms with E-state index in [0.717, 1.165) is 22.2 Å². The van der Waals surface area contributed by atoms with E-state index in [-0.39, 0.29) is 5.41 Å². The van der Waals surface area contributed by atoms with Gasteiger partial charge < -0.3 is 8.80 Å². The molecular weight excluding hydrogens is 647 g/mol. The fourth-order valence-corrected chi connectivity index (χ4v) is 9.29. The fourth-order valence-electron chi connectivity index (χ4n) is 9.29. The van der Waals surface area contributed by atoms with Gasteiger partial charge in [-0.2, -0.15) is 0 Å². The topological polar surface area (TPSA) is 47.5 Å². The Balaban J connectivity index is 1.27. The van der Waals surface area contributed by atoms with E-state index in [9.17, 15) is 0 Å². The Hall–Kier alpha value is -6.85. The van der Waals surface area contributed by atoms with Gasteiger partial charge in [-0.15, -0.1) is 0 Å². The van der Waals surface area contributed by atoms with E-state index in [1.165, 1.54) is 71.0 Å². The van der Waals surface area contributed by atoms with Gasteiger partial charge >= 0.3 is 0 Å². The van der Waals surface area contributed by atoms with Gasteiger partial charge in [-0.25, -0.2) is 15.0 Å². The zero-order valence-electron chi connectivity index (χ0n) is 29.2. The van der Waals surface area contributed by atoms with Crippen LogP contribution >= 0.6 is 0 Å². The summed E-state index contributed by atoms with van der Waals surface area (Å²) in [5, 5.41) is 7.64. The van der Waals surface area contributed by atoms with Crippen LogP contribution in [0.4, 0.5) is 0 Å². The third-order valence-corrected chi connectivity index (χ3v) is 11.7. The van der Waals surface area contributed by atoms with Crippen molar-refractivity contribution in [2.45, 2.75) is 19.3 Å². The van der Waals surface area contributed by atoms with Gasteiger partial charge in [-0.1, -0.05) is 141 Å². The van der Waals surface area contributed by atoms with Gasteiger partial charge in [-0.3, -0.25) is 0 Å². The molecule has 1 aliphatic rings. The molecule has 0 bridgehead atoms. The molecule has 0 N–H and O–H groups in total. The molecule has 0 unspecified atom stereocenters. The highest BCUT2D eigenvalue weighted by molar-refractivity contribution is 6.26. The average Bonchev–Trinajstić information content (AvgIpc) is 3.81. The quantitative estimate of drug-likeness (QED) is 0.187. The van der Waals surface area contributed by atoms with Crippen LogP contribution in [0.25, 0.3) is 99.6 Å². The lowest BCUT2D eigenvalue weighted by atomic mass is 9.82. The Bertz CT molecular complexity index is 3300. The Kier molecular flexibility index (Phi) is 5.51. The summed E-state index contributed by atoms with van der Waals surface area (Å²) in [5.74, 6) is 1.96. The zero-order valence-corrected chi connectivity index (χ0v) is 29.2. The van der Waals surface area contributed by atoms with Crippen molar-refractivity contribution in [1.82, 2.24) is 23.8 Å². The summed E-state index contributed by atoms with van der Waals surface area (Å²) in [6.07, 6.45) is 0. The molecule has 0 atom stereocenters. The van der Waals surface area contributed by atoms with Crippen molar-refractivity contribution in [2.24, 2.45) is 0 Å². The minimum atomic E-state index is -0.160. The van der Waals surface area contributed by atoms with E-state index in [1.54, 1.807) is 0 Å². The Morgan fingerprint density at radius 2 is 0.906 bits per heavy atom. The summed E-state index contributed by atoms with van der Waals surface area (Å²) in [4.78, 5) is 15.2. The molecule has 0 aliphatic heterocycles. The van der Waals surface area contributed by atoms with Crippen molar-refractivity contribution in [3.63, 3.8) is 0 Å². The predicted molar refractivity (Wildman–Crippen MR) is 218 cm³/mol. The largest absolute Gasteiger partial charge is 0.307 e. The number of benzene rings is 7. The number of rotatable bonds is 3. The summed E-state index contributed by atoms with van der Waals surface area (Å²) >= 11 is 0. The molecule has 12 rings (SSSR count). The summed E-state index contributed by atoms with van der Waals surface area (Å²) in [7, 11) is 0. The fraction of sp³-hybridized carbons (Fsp3) is 0.0625. The molecule has 7 aromatic carbocycles. The lowest BCUT2D eigenvalue weighted by Crippen LogP contribution is -2.15. The van der Waals surface area contributed by atoms with E-state index in [1.807, 2.05) is 36.4 Å².